The largest absolute Gasteiger partial charge is 0.393 e. The summed E-state index contributed by atoms with van der Waals surface area (Å²) in [5.74, 6) is -0.525. The summed E-state index contributed by atoms with van der Waals surface area (Å²) < 4.78 is 18.9. The Balaban J connectivity index is 0.808. The summed E-state index contributed by atoms with van der Waals surface area (Å²) in [6.07, 6.45) is 6.55. The second kappa shape index (κ2) is 22.9. The number of hydrogen-bond donors (Lipinski definition) is 5. The fourth-order valence-corrected chi connectivity index (χ4v) is 9.33. The lowest BCUT2D eigenvalue weighted by molar-refractivity contribution is -0.135. The number of aromatic nitrogens is 4. The molecule has 2 amide bonds. The summed E-state index contributed by atoms with van der Waals surface area (Å²) in [6, 6.07) is 11.9. The molecule has 62 heavy (non-hydrogen) atoms. The van der Waals surface area contributed by atoms with Crippen molar-refractivity contribution in [3.8, 4) is 10.4 Å². The third-order valence-corrected chi connectivity index (χ3v) is 12.7. The van der Waals surface area contributed by atoms with Gasteiger partial charge in [0.25, 0.3) is 0 Å². The molecule has 0 spiro atoms. The van der Waals surface area contributed by atoms with E-state index in [-0.39, 0.29) is 42.5 Å². The van der Waals surface area contributed by atoms with Gasteiger partial charge < -0.3 is 40.6 Å². The second-order valence-electron chi connectivity index (χ2n) is 17.7. The van der Waals surface area contributed by atoms with Crippen LogP contribution in [0.25, 0.3) is 16.1 Å². The van der Waals surface area contributed by atoms with Gasteiger partial charge in [0.05, 0.1) is 80.0 Å². The Kier molecular flexibility index (Phi) is 17.4. The number of thiazole rings is 1. The Morgan fingerprint density at radius 2 is 1.65 bits per heavy atom. The summed E-state index contributed by atoms with van der Waals surface area (Å²) in [7, 11) is 0. The number of aliphatic hydroxyl groups excluding tert-OH is 1. The monoisotopic (exact) mass is 874 g/mol. The molecule has 0 aliphatic heterocycles. The first kappa shape index (κ1) is 47.2. The number of fused-ring (bicyclic) bond motifs is 1. The number of nitrogens with one attached hydrogen (secondary N) is 4. The number of Topliss-reactive ketones (excluding diaryl/α,β-unsaturated/α-hetero) is 1. The van der Waals surface area contributed by atoms with Crippen molar-refractivity contribution in [3.63, 3.8) is 0 Å². The summed E-state index contributed by atoms with van der Waals surface area (Å²) in [5, 5.41) is 28.2. The third kappa shape index (κ3) is 13.3. The molecule has 15 nitrogen and oxygen atoms in total. The van der Waals surface area contributed by atoms with Crippen LogP contribution in [0.15, 0.2) is 48.1 Å². The fraction of sp³-hybridized carbons (Fsp3) is 0.609. The van der Waals surface area contributed by atoms with Crippen LogP contribution in [0.1, 0.15) is 89.6 Å². The van der Waals surface area contributed by atoms with Crippen LogP contribution in [0.5, 0.6) is 0 Å². The van der Waals surface area contributed by atoms with Crippen LogP contribution in [0.4, 0.5) is 5.82 Å². The molecule has 2 fully saturated rings. The van der Waals surface area contributed by atoms with E-state index in [1.165, 1.54) is 0 Å². The average Bonchev–Trinajstić information content (AvgIpc) is 4.07. The number of carbonyl (C=O) groups excluding carboxylic acids is 3. The molecular formula is C46H66N8O7S. The number of rotatable bonds is 24. The molecule has 6 atom stereocenters. The molecule has 338 valence electrons. The lowest BCUT2D eigenvalue weighted by Crippen LogP contribution is -2.51. The lowest BCUT2D eigenvalue weighted by atomic mass is 9.77. The Hall–Kier alpha value is -4.32. The highest BCUT2D eigenvalue weighted by atomic mass is 32.1. The minimum atomic E-state index is -0.706. The van der Waals surface area contributed by atoms with Crippen LogP contribution < -0.4 is 21.3 Å². The number of aryl methyl sites for hydroxylation is 2. The van der Waals surface area contributed by atoms with Crippen molar-refractivity contribution in [2.24, 2.45) is 17.3 Å². The highest BCUT2D eigenvalue weighted by Crippen LogP contribution is 2.36. The smallest absolute Gasteiger partial charge is 0.224 e. The van der Waals surface area contributed by atoms with Crippen LogP contribution >= 0.6 is 11.3 Å². The molecule has 16 heteroatoms. The topological polar surface area (TPSA) is 190 Å². The number of anilines is 1. The van der Waals surface area contributed by atoms with Crippen molar-refractivity contribution in [2.75, 3.05) is 51.5 Å². The molecule has 2 aliphatic rings. The lowest BCUT2D eigenvalue weighted by Gasteiger charge is -2.33. The molecule has 3 heterocycles. The Morgan fingerprint density at radius 3 is 2.35 bits per heavy atom. The first-order chi connectivity index (χ1) is 29.9. The fourth-order valence-electron chi connectivity index (χ4n) is 8.52. The van der Waals surface area contributed by atoms with Crippen LogP contribution in [0.3, 0.4) is 0 Å². The van der Waals surface area contributed by atoms with Gasteiger partial charge in [0.15, 0.2) is 11.4 Å². The van der Waals surface area contributed by atoms with E-state index >= 15 is 0 Å². The van der Waals surface area contributed by atoms with E-state index in [2.05, 4.69) is 49.3 Å². The highest BCUT2D eigenvalue weighted by molar-refractivity contribution is 7.13. The zero-order valence-electron chi connectivity index (χ0n) is 37.0. The van der Waals surface area contributed by atoms with Gasteiger partial charge in [0, 0.05) is 55.3 Å². The van der Waals surface area contributed by atoms with E-state index in [0.717, 1.165) is 71.0 Å². The average molecular weight is 875 g/mol. The molecule has 0 bridgehead atoms. The van der Waals surface area contributed by atoms with Gasteiger partial charge in [-0.05, 0) is 62.0 Å². The van der Waals surface area contributed by atoms with Gasteiger partial charge in [0.2, 0.25) is 11.8 Å². The molecule has 4 aromatic rings. The normalized spacial score (nSPS) is 20.7. The van der Waals surface area contributed by atoms with E-state index in [4.69, 9.17) is 14.2 Å². The van der Waals surface area contributed by atoms with Crippen LogP contribution in [0.2, 0.25) is 0 Å². The van der Waals surface area contributed by atoms with Gasteiger partial charge >= 0.3 is 0 Å². The number of nitrogens with zero attached hydrogens (tertiary/aromatic N) is 4. The Bertz CT molecular complexity index is 2050. The molecule has 5 N–H and O–H groups in total. The molecule has 2 aliphatic carbocycles. The zero-order valence-corrected chi connectivity index (χ0v) is 37.8. The third-order valence-electron chi connectivity index (χ3n) is 11.7. The molecule has 2 unspecified atom stereocenters. The molecule has 1 aromatic carbocycles. The van der Waals surface area contributed by atoms with Gasteiger partial charge in [0.1, 0.15) is 5.82 Å². The SMILES string of the molecule is CCCc1cc(N[C@@H]2CCC(NC(=O)CCOCCOCCOCCN[C@H](C(=O)C3C[C@H](O)C[C@H]3C(=O)NCc3ccc(-c4scnc4C)cc3)C(C)(C)C)C2)n2nccc2n1. The van der Waals surface area contributed by atoms with Gasteiger partial charge in [-0.2, -0.15) is 9.61 Å². The van der Waals surface area contributed by atoms with E-state index in [1.807, 2.05) is 68.1 Å². The Morgan fingerprint density at radius 1 is 0.935 bits per heavy atom. The number of ether oxygens (including phenoxy) is 3. The number of carbonyl (C=O) groups is 3. The standard InChI is InChI=1S/C46H66N8O7S/c1-6-7-33-25-40(54-39(51-33)14-16-50-54)52-34-12-13-35(24-34)53-41(56)15-18-59-20-22-61-23-21-60-19-17-47-44(46(3,4)5)42(57)37-26-36(55)27-38(37)45(58)48-28-31-8-10-32(11-9-31)43-30(2)49-29-62-43/h8-11,14,16,25,29,34-38,44,47,52,55H,6-7,12-13,15,17-24,26-28H2,1-5H3,(H,48,58)(H,53,56)/t34-,35?,36+,37?,38-,44-/m1/s1. The summed E-state index contributed by atoms with van der Waals surface area (Å²) in [6.45, 7) is 13.2. The van der Waals surface area contributed by atoms with Crippen LogP contribution in [-0.4, -0.2) is 113 Å². The predicted octanol–water partition coefficient (Wildman–Crippen LogP) is 5.28. The summed E-state index contributed by atoms with van der Waals surface area (Å²) >= 11 is 1.60. The summed E-state index contributed by atoms with van der Waals surface area (Å²) in [5.41, 5.74) is 6.33. The van der Waals surface area contributed by atoms with Crippen molar-refractivity contribution in [2.45, 2.75) is 117 Å². The number of ketones is 1. The maximum absolute atomic E-state index is 14.0. The van der Waals surface area contributed by atoms with Crippen molar-refractivity contribution in [3.05, 3.63) is 65.1 Å². The number of aliphatic hydroxyl groups is 1. The van der Waals surface area contributed by atoms with Crippen LogP contribution in [-0.2, 0) is 41.6 Å². The van der Waals surface area contributed by atoms with Gasteiger partial charge in [-0.1, -0.05) is 58.4 Å². The number of amides is 2. The van der Waals surface area contributed by atoms with E-state index in [0.29, 0.717) is 59.2 Å². The van der Waals surface area contributed by atoms with Crippen molar-refractivity contribution in [1.82, 2.24) is 35.5 Å². The maximum Gasteiger partial charge on any atom is 0.224 e. The van der Waals surface area contributed by atoms with Crippen molar-refractivity contribution < 1.29 is 33.7 Å². The predicted molar refractivity (Wildman–Crippen MR) is 240 cm³/mol. The maximum atomic E-state index is 14.0. The van der Waals surface area contributed by atoms with E-state index < -0.39 is 29.4 Å². The van der Waals surface area contributed by atoms with Crippen LogP contribution in [0, 0.1) is 24.2 Å². The van der Waals surface area contributed by atoms with E-state index in [1.54, 1.807) is 17.5 Å². The number of hydrogen-bond acceptors (Lipinski definition) is 13. The van der Waals surface area contributed by atoms with Gasteiger partial charge in [-0.25, -0.2) is 9.97 Å². The molecule has 0 radical (unpaired) electrons. The highest BCUT2D eigenvalue weighted by Gasteiger charge is 2.46. The van der Waals surface area contributed by atoms with Gasteiger partial charge in [-0.3, -0.25) is 14.4 Å². The van der Waals surface area contributed by atoms with Gasteiger partial charge in [-0.15, -0.1) is 11.3 Å². The molecular weight excluding hydrogens is 809 g/mol. The minimum Gasteiger partial charge on any atom is -0.393 e. The Labute approximate surface area is 369 Å². The number of benzene rings is 1. The van der Waals surface area contributed by atoms with Crippen molar-refractivity contribution >= 4 is 40.4 Å². The minimum absolute atomic E-state index is 0.0139. The quantitative estimate of drug-likeness (QED) is 0.0574. The molecule has 6 rings (SSSR count). The molecule has 0 saturated heterocycles. The second-order valence-corrected chi connectivity index (χ2v) is 18.5. The first-order valence-electron chi connectivity index (χ1n) is 22.2. The summed E-state index contributed by atoms with van der Waals surface area (Å²) in [4.78, 5) is 50.2. The molecule has 3 aromatic heterocycles. The zero-order chi connectivity index (χ0) is 44.1. The first-order valence-corrected chi connectivity index (χ1v) is 23.1. The molecule has 2 saturated carbocycles. The van der Waals surface area contributed by atoms with Crippen molar-refractivity contribution in [1.29, 1.82) is 0 Å². The van der Waals surface area contributed by atoms with E-state index in [9.17, 15) is 19.5 Å².